The van der Waals surface area contributed by atoms with Crippen molar-refractivity contribution in [3.63, 3.8) is 0 Å². The largest absolute Gasteiger partial charge is 0.465 e. The highest BCUT2D eigenvalue weighted by Crippen LogP contribution is 2.72. The van der Waals surface area contributed by atoms with Crippen molar-refractivity contribution >= 4 is 0 Å². The number of furan rings is 1. The average molecular weight is 249 g/mol. The van der Waals surface area contributed by atoms with Gasteiger partial charge in [0.05, 0.1) is 6.04 Å². The summed E-state index contributed by atoms with van der Waals surface area (Å²) >= 11 is 0. The number of hydrogen-bond donors (Lipinski definition) is 1. The molecule has 1 aliphatic rings. The summed E-state index contributed by atoms with van der Waals surface area (Å²) in [5.41, 5.74) is 0.748. The molecule has 0 bridgehead atoms. The molecule has 0 radical (unpaired) electrons. The molecule has 1 aromatic rings. The lowest BCUT2D eigenvalue weighted by atomic mass is 10.0. The molecule has 1 saturated carbocycles. The summed E-state index contributed by atoms with van der Waals surface area (Å²) < 4.78 is 5.87. The molecule has 2 nitrogen and oxygen atoms in total. The second-order valence-electron chi connectivity index (χ2n) is 6.80. The maximum atomic E-state index is 5.87. The summed E-state index contributed by atoms with van der Waals surface area (Å²) in [5.74, 6) is 2.75. The van der Waals surface area contributed by atoms with Crippen molar-refractivity contribution in [2.45, 2.75) is 54.0 Å². The van der Waals surface area contributed by atoms with Gasteiger partial charge in [-0.15, -0.1) is 0 Å². The Balaban J connectivity index is 2.22. The van der Waals surface area contributed by atoms with Crippen molar-refractivity contribution in [1.29, 1.82) is 0 Å². The Morgan fingerprint density at radius 2 is 1.83 bits per heavy atom. The van der Waals surface area contributed by atoms with Gasteiger partial charge in [-0.2, -0.15) is 0 Å². The molecular weight excluding hydrogens is 222 g/mol. The number of nitrogens with one attached hydrogen (secondary N) is 1. The van der Waals surface area contributed by atoms with E-state index in [4.69, 9.17) is 4.42 Å². The van der Waals surface area contributed by atoms with E-state index in [-0.39, 0.29) is 0 Å². The molecule has 1 fully saturated rings. The Morgan fingerprint density at radius 1 is 1.22 bits per heavy atom. The number of rotatable bonds is 5. The van der Waals surface area contributed by atoms with E-state index in [1.165, 1.54) is 0 Å². The van der Waals surface area contributed by atoms with Crippen LogP contribution in [0.5, 0.6) is 0 Å². The Bertz CT molecular complexity index is 402. The quantitative estimate of drug-likeness (QED) is 0.841. The molecule has 1 unspecified atom stereocenters. The molecule has 0 spiro atoms. The predicted octanol–water partition coefficient (Wildman–Crippen LogP) is 4.31. The Morgan fingerprint density at radius 3 is 2.22 bits per heavy atom. The van der Waals surface area contributed by atoms with Crippen LogP contribution < -0.4 is 5.32 Å². The van der Waals surface area contributed by atoms with Gasteiger partial charge in [-0.3, -0.25) is 0 Å². The third kappa shape index (κ3) is 2.01. The molecule has 18 heavy (non-hydrogen) atoms. The van der Waals surface area contributed by atoms with Crippen LogP contribution in [0.2, 0.25) is 0 Å². The first-order valence-electron chi connectivity index (χ1n) is 7.12. The lowest BCUT2D eigenvalue weighted by Crippen LogP contribution is -2.25. The predicted molar refractivity (Wildman–Crippen MR) is 75.5 cm³/mol. The lowest BCUT2D eigenvalue weighted by Gasteiger charge is -2.18. The van der Waals surface area contributed by atoms with Gasteiger partial charge in [0.1, 0.15) is 11.5 Å². The molecule has 1 aromatic heterocycles. The van der Waals surface area contributed by atoms with E-state index in [1.807, 2.05) is 6.92 Å². The summed E-state index contributed by atoms with van der Waals surface area (Å²) in [6, 6.07) is 4.55. The average Bonchev–Trinajstić information content (AvgIpc) is 2.64. The zero-order valence-electron chi connectivity index (χ0n) is 12.6. The van der Waals surface area contributed by atoms with Crippen molar-refractivity contribution in [3.05, 3.63) is 23.7 Å². The maximum absolute atomic E-state index is 5.87. The first kappa shape index (κ1) is 13.7. The standard InChI is InChI=1S/C16H27NO/c1-7-10-17-13(12-9-8-11(2)18-12)14-15(3,4)16(14,5)6/h8-9,13-14,17H,7,10H2,1-6H3. The Labute approximate surface area is 111 Å². The van der Waals surface area contributed by atoms with Crippen LogP contribution in [-0.4, -0.2) is 6.54 Å². The molecule has 1 heterocycles. The van der Waals surface area contributed by atoms with Gasteiger partial charge in [-0.1, -0.05) is 34.6 Å². The fourth-order valence-electron chi connectivity index (χ4n) is 3.38. The molecular formula is C16H27NO. The van der Waals surface area contributed by atoms with Gasteiger partial charge in [-0.25, -0.2) is 0 Å². The summed E-state index contributed by atoms with van der Waals surface area (Å²) in [6.45, 7) is 14.8. The van der Waals surface area contributed by atoms with Crippen LogP contribution in [0.25, 0.3) is 0 Å². The topological polar surface area (TPSA) is 25.2 Å². The SMILES string of the molecule is CCCNC(c1ccc(C)o1)C1C(C)(C)C1(C)C. The molecule has 1 aliphatic carbocycles. The fraction of sp³-hybridized carbons (Fsp3) is 0.750. The number of aryl methyl sites for hydroxylation is 1. The number of hydrogen-bond acceptors (Lipinski definition) is 2. The van der Waals surface area contributed by atoms with Crippen LogP contribution in [0.1, 0.15) is 58.6 Å². The molecule has 2 heteroatoms. The highest BCUT2D eigenvalue weighted by molar-refractivity contribution is 5.22. The third-order valence-corrected chi connectivity index (χ3v) is 5.15. The zero-order chi connectivity index (χ0) is 13.6. The zero-order valence-corrected chi connectivity index (χ0v) is 12.6. The molecule has 0 amide bonds. The van der Waals surface area contributed by atoms with Crippen LogP contribution in [0.15, 0.2) is 16.5 Å². The highest BCUT2D eigenvalue weighted by atomic mass is 16.3. The van der Waals surface area contributed by atoms with Gasteiger partial charge < -0.3 is 9.73 Å². The van der Waals surface area contributed by atoms with Gasteiger partial charge in [0.25, 0.3) is 0 Å². The summed E-state index contributed by atoms with van der Waals surface area (Å²) in [5, 5.41) is 3.68. The van der Waals surface area contributed by atoms with E-state index in [0.717, 1.165) is 24.5 Å². The van der Waals surface area contributed by atoms with Crippen LogP contribution in [0.4, 0.5) is 0 Å². The summed E-state index contributed by atoms with van der Waals surface area (Å²) in [4.78, 5) is 0. The van der Waals surface area contributed by atoms with Gasteiger partial charge in [0, 0.05) is 0 Å². The lowest BCUT2D eigenvalue weighted by molar-refractivity contribution is 0.336. The van der Waals surface area contributed by atoms with Crippen molar-refractivity contribution in [2.24, 2.45) is 16.7 Å². The van der Waals surface area contributed by atoms with Crippen LogP contribution in [-0.2, 0) is 0 Å². The first-order valence-corrected chi connectivity index (χ1v) is 7.12. The van der Waals surface area contributed by atoms with Gasteiger partial charge in [-0.05, 0) is 48.8 Å². The molecule has 1 atom stereocenters. The van der Waals surface area contributed by atoms with Crippen LogP contribution in [0.3, 0.4) is 0 Å². The van der Waals surface area contributed by atoms with Crippen molar-refractivity contribution in [3.8, 4) is 0 Å². The van der Waals surface area contributed by atoms with Gasteiger partial charge >= 0.3 is 0 Å². The van der Waals surface area contributed by atoms with E-state index in [1.54, 1.807) is 0 Å². The van der Waals surface area contributed by atoms with Gasteiger partial charge in [0.2, 0.25) is 0 Å². The second-order valence-corrected chi connectivity index (χ2v) is 6.80. The molecule has 0 aromatic carbocycles. The van der Waals surface area contributed by atoms with Crippen molar-refractivity contribution in [1.82, 2.24) is 5.32 Å². The minimum atomic E-state index is 0.351. The fourth-order valence-corrected chi connectivity index (χ4v) is 3.38. The normalized spacial score (nSPS) is 23.0. The van der Waals surface area contributed by atoms with Crippen molar-refractivity contribution < 1.29 is 4.42 Å². The van der Waals surface area contributed by atoms with Crippen molar-refractivity contribution in [2.75, 3.05) is 6.54 Å². The molecule has 2 rings (SSSR count). The molecule has 1 N–H and O–H groups in total. The smallest absolute Gasteiger partial charge is 0.121 e. The van der Waals surface area contributed by atoms with E-state index < -0.39 is 0 Å². The van der Waals surface area contributed by atoms with E-state index in [0.29, 0.717) is 22.8 Å². The molecule has 102 valence electrons. The maximum Gasteiger partial charge on any atom is 0.121 e. The Kier molecular flexibility index (Phi) is 3.35. The highest BCUT2D eigenvalue weighted by Gasteiger charge is 2.67. The Hall–Kier alpha value is -0.760. The van der Waals surface area contributed by atoms with E-state index >= 15 is 0 Å². The van der Waals surface area contributed by atoms with E-state index in [9.17, 15) is 0 Å². The first-order chi connectivity index (χ1) is 8.32. The second kappa shape index (κ2) is 4.41. The molecule has 0 saturated heterocycles. The summed E-state index contributed by atoms with van der Waals surface area (Å²) in [7, 11) is 0. The minimum Gasteiger partial charge on any atom is -0.465 e. The summed E-state index contributed by atoms with van der Waals surface area (Å²) in [6.07, 6.45) is 1.16. The van der Waals surface area contributed by atoms with E-state index in [2.05, 4.69) is 52.1 Å². The van der Waals surface area contributed by atoms with Gasteiger partial charge in [0.15, 0.2) is 0 Å². The molecule has 0 aliphatic heterocycles. The minimum absolute atomic E-state index is 0.351. The monoisotopic (exact) mass is 249 g/mol. The third-order valence-electron chi connectivity index (χ3n) is 5.15. The van der Waals surface area contributed by atoms with Crippen LogP contribution >= 0.6 is 0 Å². The van der Waals surface area contributed by atoms with Crippen LogP contribution in [0, 0.1) is 23.7 Å².